The zero-order valence-corrected chi connectivity index (χ0v) is 20.0. The number of hydrogen-bond donors (Lipinski definition) is 2. The molecule has 0 aliphatic carbocycles. The highest BCUT2D eigenvalue weighted by Gasteiger charge is 2.17. The van der Waals surface area contributed by atoms with E-state index in [2.05, 4.69) is 10.0 Å². The van der Waals surface area contributed by atoms with Gasteiger partial charge in [-0.25, -0.2) is 8.42 Å². The van der Waals surface area contributed by atoms with Crippen molar-refractivity contribution >= 4 is 50.5 Å². The van der Waals surface area contributed by atoms with Crippen molar-refractivity contribution in [2.75, 3.05) is 10.0 Å². The van der Waals surface area contributed by atoms with Crippen LogP contribution < -0.4 is 14.8 Å². The van der Waals surface area contributed by atoms with E-state index in [9.17, 15) is 13.2 Å². The van der Waals surface area contributed by atoms with Crippen molar-refractivity contribution in [1.29, 1.82) is 0 Å². The summed E-state index contributed by atoms with van der Waals surface area (Å²) in [4.78, 5) is 12.5. The van der Waals surface area contributed by atoms with E-state index < -0.39 is 16.1 Å². The fraction of sp³-hybridized carbons (Fsp3) is 0.174. The van der Waals surface area contributed by atoms with Crippen LogP contribution in [0.2, 0.25) is 10.0 Å². The van der Waals surface area contributed by atoms with Crippen molar-refractivity contribution in [3.05, 3.63) is 81.8 Å². The summed E-state index contributed by atoms with van der Waals surface area (Å²) < 4.78 is 33.4. The summed E-state index contributed by atoms with van der Waals surface area (Å²) in [5.74, 6) is 0.245. The van der Waals surface area contributed by atoms with E-state index in [0.29, 0.717) is 21.5 Å². The van der Waals surface area contributed by atoms with Gasteiger partial charge in [-0.3, -0.25) is 9.52 Å². The van der Waals surface area contributed by atoms with Gasteiger partial charge in [0.05, 0.1) is 10.6 Å². The SMILES string of the molecule is Cc1ccc(O[C@H](C)C(=O)Nc2ccc(S(=O)(=O)Nc3cc(Cl)cc(Cl)c3)cc2)cc1C. The Morgan fingerprint density at radius 3 is 2.09 bits per heavy atom. The fourth-order valence-electron chi connectivity index (χ4n) is 2.83. The number of amides is 1. The first-order valence-corrected chi connectivity index (χ1v) is 11.9. The molecule has 0 aliphatic heterocycles. The van der Waals surface area contributed by atoms with Crippen molar-refractivity contribution < 1.29 is 17.9 Å². The van der Waals surface area contributed by atoms with Gasteiger partial charge >= 0.3 is 0 Å². The van der Waals surface area contributed by atoms with E-state index in [0.717, 1.165) is 11.1 Å². The Balaban J connectivity index is 1.65. The number of hydrogen-bond acceptors (Lipinski definition) is 4. The molecule has 0 aromatic heterocycles. The Labute approximate surface area is 197 Å². The van der Waals surface area contributed by atoms with Crippen LogP contribution >= 0.6 is 23.2 Å². The van der Waals surface area contributed by atoms with Crippen LogP contribution in [0.3, 0.4) is 0 Å². The highest BCUT2D eigenvalue weighted by molar-refractivity contribution is 7.92. The van der Waals surface area contributed by atoms with Crippen LogP contribution in [0.4, 0.5) is 11.4 Å². The largest absolute Gasteiger partial charge is 0.481 e. The van der Waals surface area contributed by atoms with E-state index in [1.807, 2.05) is 32.0 Å². The summed E-state index contributed by atoms with van der Waals surface area (Å²) >= 11 is 11.8. The molecule has 3 aromatic rings. The molecular formula is C23H22Cl2N2O4S. The van der Waals surface area contributed by atoms with Crippen LogP contribution in [0, 0.1) is 13.8 Å². The summed E-state index contributed by atoms with van der Waals surface area (Å²) in [6.07, 6.45) is -0.741. The zero-order valence-electron chi connectivity index (χ0n) is 17.6. The van der Waals surface area contributed by atoms with Crippen molar-refractivity contribution in [3.63, 3.8) is 0 Å². The van der Waals surface area contributed by atoms with Gasteiger partial charge in [0.1, 0.15) is 5.75 Å². The molecular weight excluding hydrogens is 471 g/mol. The van der Waals surface area contributed by atoms with Crippen molar-refractivity contribution in [2.24, 2.45) is 0 Å². The molecule has 1 amide bonds. The predicted molar refractivity (Wildman–Crippen MR) is 128 cm³/mol. The number of sulfonamides is 1. The molecule has 0 aliphatic rings. The molecule has 0 heterocycles. The van der Waals surface area contributed by atoms with E-state index in [1.165, 1.54) is 42.5 Å². The summed E-state index contributed by atoms with van der Waals surface area (Å²) in [5, 5.41) is 3.34. The maximum atomic E-state index is 12.6. The Kier molecular flexibility index (Phi) is 7.33. The number of carbonyl (C=O) groups excluding carboxylic acids is 1. The number of rotatable bonds is 7. The number of carbonyl (C=O) groups is 1. The van der Waals surface area contributed by atoms with Gasteiger partial charge in [-0.1, -0.05) is 29.3 Å². The van der Waals surface area contributed by atoms with Gasteiger partial charge in [-0.15, -0.1) is 0 Å². The third kappa shape index (κ3) is 6.16. The predicted octanol–water partition coefficient (Wildman–Crippen LogP) is 5.82. The lowest BCUT2D eigenvalue weighted by atomic mass is 10.1. The van der Waals surface area contributed by atoms with Gasteiger partial charge in [0, 0.05) is 15.7 Å². The molecule has 0 radical (unpaired) electrons. The molecule has 3 rings (SSSR count). The molecule has 168 valence electrons. The van der Waals surface area contributed by atoms with Gasteiger partial charge in [0.15, 0.2) is 6.10 Å². The molecule has 0 saturated heterocycles. The van der Waals surface area contributed by atoms with Gasteiger partial charge in [-0.2, -0.15) is 0 Å². The maximum Gasteiger partial charge on any atom is 0.265 e. The second-order valence-electron chi connectivity index (χ2n) is 7.28. The maximum absolute atomic E-state index is 12.6. The average Bonchev–Trinajstić information content (AvgIpc) is 2.70. The molecule has 32 heavy (non-hydrogen) atoms. The minimum absolute atomic E-state index is 0.0195. The lowest BCUT2D eigenvalue weighted by Gasteiger charge is -2.16. The zero-order chi connectivity index (χ0) is 23.5. The van der Waals surface area contributed by atoms with E-state index in [-0.39, 0.29) is 16.5 Å². The Morgan fingerprint density at radius 2 is 1.50 bits per heavy atom. The Hall–Kier alpha value is -2.74. The van der Waals surface area contributed by atoms with Gasteiger partial charge in [0.2, 0.25) is 0 Å². The quantitative estimate of drug-likeness (QED) is 0.435. The highest BCUT2D eigenvalue weighted by atomic mass is 35.5. The molecule has 0 unspecified atom stereocenters. The highest BCUT2D eigenvalue weighted by Crippen LogP contribution is 2.25. The molecule has 3 aromatic carbocycles. The monoisotopic (exact) mass is 492 g/mol. The number of halogens is 2. The molecule has 9 heteroatoms. The lowest BCUT2D eigenvalue weighted by Crippen LogP contribution is -2.30. The smallest absolute Gasteiger partial charge is 0.265 e. The van der Waals surface area contributed by atoms with Crippen LogP contribution in [0.1, 0.15) is 18.1 Å². The van der Waals surface area contributed by atoms with E-state index in [4.69, 9.17) is 27.9 Å². The fourth-order valence-corrected chi connectivity index (χ4v) is 4.40. The Bertz CT molecular complexity index is 1230. The number of anilines is 2. The molecule has 1 atom stereocenters. The topological polar surface area (TPSA) is 84.5 Å². The molecule has 0 fully saturated rings. The summed E-state index contributed by atoms with van der Waals surface area (Å²) in [6.45, 7) is 5.61. The van der Waals surface area contributed by atoms with Crippen molar-refractivity contribution in [1.82, 2.24) is 0 Å². The van der Waals surface area contributed by atoms with Crippen LogP contribution in [-0.2, 0) is 14.8 Å². The minimum atomic E-state index is -3.86. The van der Waals surface area contributed by atoms with Gasteiger partial charge in [0.25, 0.3) is 15.9 Å². The number of benzene rings is 3. The first-order valence-electron chi connectivity index (χ1n) is 9.67. The van der Waals surface area contributed by atoms with Gasteiger partial charge in [-0.05, 0) is 86.5 Å². The van der Waals surface area contributed by atoms with Crippen LogP contribution in [0.15, 0.2) is 65.6 Å². The first-order chi connectivity index (χ1) is 15.0. The summed E-state index contributed by atoms with van der Waals surface area (Å²) in [6, 6.07) is 15.8. The lowest BCUT2D eigenvalue weighted by molar-refractivity contribution is -0.122. The van der Waals surface area contributed by atoms with Crippen molar-refractivity contribution in [2.45, 2.75) is 31.8 Å². The number of aryl methyl sites for hydroxylation is 2. The molecule has 0 spiro atoms. The number of nitrogens with one attached hydrogen (secondary N) is 2. The van der Waals surface area contributed by atoms with Gasteiger partial charge < -0.3 is 10.1 Å². The first kappa shape index (κ1) is 23.9. The van der Waals surface area contributed by atoms with Crippen molar-refractivity contribution in [3.8, 4) is 5.75 Å². The molecule has 0 saturated carbocycles. The second-order valence-corrected chi connectivity index (χ2v) is 9.84. The standard InChI is InChI=1S/C23H22Cl2N2O4S/c1-14-4-7-21(10-15(14)2)31-16(3)23(28)26-19-5-8-22(9-6-19)32(29,30)27-20-12-17(24)11-18(25)13-20/h4-13,16,27H,1-3H3,(H,26,28)/t16-/m1/s1. The Morgan fingerprint density at radius 1 is 0.875 bits per heavy atom. The molecule has 6 nitrogen and oxygen atoms in total. The molecule has 0 bridgehead atoms. The average molecular weight is 493 g/mol. The molecule has 2 N–H and O–H groups in total. The van der Waals surface area contributed by atoms with E-state index in [1.54, 1.807) is 6.92 Å². The van der Waals surface area contributed by atoms with E-state index >= 15 is 0 Å². The number of ether oxygens (including phenoxy) is 1. The van der Waals surface area contributed by atoms with Crippen LogP contribution in [0.5, 0.6) is 5.75 Å². The minimum Gasteiger partial charge on any atom is -0.481 e. The third-order valence-electron chi connectivity index (χ3n) is 4.71. The normalized spacial score (nSPS) is 12.2. The summed E-state index contributed by atoms with van der Waals surface area (Å²) in [7, 11) is -3.86. The summed E-state index contributed by atoms with van der Waals surface area (Å²) in [5.41, 5.74) is 2.89. The van der Waals surface area contributed by atoms with Crippen LogP contribution in [-0.4, -0.2) is 20.4 Å². The second kappa shape index (κ2) is 9.81. The van der Waals surface area contributed by atoms with Crippen LogP contribution in [0.25, 0.3) is 0 Å². The third-order valence-corrected chi connectivity index (χ3v) is 6.54.